The largest absolute Gasteiger partial charge is 0.508 e. The van der Waals surface area contributed by atoms with Crippen LogP contribution in [-0.2, 0) is 20.0 Å². The van der Waals surface area contributed by atoms with Crippen molar-refractivity contribution in [3.8, 4) is 5.75 Å². The van der Waals surface area contributed by atoms with Crippen molar-refractivity contribution < 1.29 is 5.11 Å². The summed E-state index contributed by atoms with van der Waals surface area (Å²) in [7, 11) is 1.95. The molecule has 1 atom stereocenters. The van der Waals surface area contributed by atoms with Gasteiger partial charge in [0.1, 0.15) is 5.75 Å². The van der Waals surface area contributed by atoms with Gasteiger partial charge in [0, 0.05) is 31.4 Å². The predicted octanol–water partition coefficient (Wildman–Crippen LogP) is 2.54. The summed E-state index contributed by atoms with van der Waals surface area (Å²) < 4.78 is 1.86. The van der Waals surface area contributed by atoms with Crippen LogP contribution in [0.5, 0.6) is 5.75 Å². The molecule has 0 aliphatic carbocycles. The Hall–Kier alpha value is -1.81. The lowest BCUT2D eigenvalue weighted by atomic mass is 10.1. The van der Waals surface area contributed by atoms with Gasteiger partial charge in [-0.05, 0) is 31.0 Å². The van der Waals surface area contributed by atoms with E-state index >= 15 is 0 Å². The maximum Gasteiger partial charge on any atom is 0.115 e. The third-order valence-electron chi connectivity index (χ3n) is 3.30. The van der Waals surface area contributed by atoms with Gasteiger partial charge in [-0.25, -0.2) is 0 Å². The molecule has 4 heteroatoms. The number of hydrogen-bond donors (Lipinski definition) is 2. The zero-order valence-electron chi connectivity index (χ0n) is 11.7. The number of nitrogens with zero attached hydrogens (tertiary/aromatic N) is 2. The molecule has 0 bridgehead atoms. The predicted molar refractivity (Wildman–Crippen MR) is 75.9 cm³/mol. The van der Waals surface area contributed by atoms with Crippen LogP contribution < -0.4 is 5.32 Å². The lowest BCUT2D eigenvalue weighted by Crippen LogP contribution is -2.18. The molecule has 2 aromatic rings. The van der Waals surface area contributed by atoms with Gasteiger partial charge in [-0.1, -0.05) is 19.1 Å². The summed E-state index contributed by atoms with van der Waals surface area (Å²) in [5, 5.41) is 17.4. The van der Waals surface area contributed by atoms with Gasteiger partial charge < -0.3 is 10.4 Å². The number of phenolic OH excluding ortho intramolecular Hbond substituents is 1. The fraction of sp³-hybridized carbons (Fsp3) is 0.400. The molecule has 0 aliphatic rings. The molecule has 102 valence electrons. The molecule has 19 heavy (non-hydrogen) atoms. The van der Waals surface area contributed by atoms with Gasteiger partial charge in [0.15, 0.2) is 0 Å². The second-order valence-electron chi connectivity index (χ2n) is 4.83. The molecule has 1 unspecified atom stereocenters. The van der Waals surface area contributed by atoms with Gasteiger partial charge in [-0.15, -0.1) is 0 Å². The minimum absolute atomic E-state index is 0.192. The number of phenols is 1. The van der Waals surface area contributed by atoms with E-state index in [0.717, 1.165) is 24.2 Å². The average Bonchev–Trinajstić information content (AvgIpc) is 2.76. The highest BCUT2D eigenvalue weighted by molar-refractivity contribution is 5.29. The normalized spacial score (nSPS) is 12.6. The average molecular weight is 259 g/mol. The Labute approximate surface area is 114 Å². The van der Waals surface area contributed by atoms with Crippen LogP contribution in [0.2, 0.25) is 0 Å². The first kappa shape index (κ1) is 13.6. The molecule has 0 saturated heterocycles. The standard InChI is InChI=1S/C15H21N3O/c1-4-15-13(10-18(3)17-15)9-16-11(2)12-6-5-7-14(19)8-12/h5-8,10-11,16,19H,4,9H2,1-3H3. The summed E-state index contributed by atoms with van der Waals surface area (Å²) in [5.74, 6) is 0.307. The molecular formula is C15H21N3O. The monoisotopic (exact) mass is 259 g/mol. The van der Waals surface area contributed by atoms with E-state index in [0.29, 0.717) is 5.75 Å². The van der Waals surface area contributed by atoms with Crippen molar-refractivity contribution in [1.82, 2.24) is 15.1 Å². The van der Waals surface area contributed by atoms with Crippen molar-refractivity contribution in [3.63, 3.8) is 0 Å². The minimum atomic E-state index is 0.192. The van der Waals surface area contributed by atoms with Crippen molar-refractivity contribution in [1.29, 1.82) is 0 Å². The highest BCUT2D eigenvalue weighted by Crippen LogP contribution is 2.18. The van der Waals surface area contributed by atoms with Gasteiger partial charge in [-0.3, -0.25) is 4.68 Å². The number of aromatic nitrogens is 2. The van der Waals surface area contributed by atoms with Crippen molar-refractivity contribution in [3.05, 3.63) is 47.3 Å². The Bertz CT molecular complexity index is 548. The summed E-state index contributed by atoms with van der Waals surface area (Å²) in [6, 6.07) is 7.55. The number of benzene rings is 1. The zero-order valence-corrected chi connectivity index (χ0v) is 11.7. The molecule has 1 aromatic carbocycles. The van der Waals surface area contributed by atoms with Crippen LogP contribution in [0.25, 0.3) is 0 Å². The molecule has 0 saturated carbocycles. The fourth-order valence-electron chi connectivity index (χ4n) is 2.20. The minimum Gasteiger partial charge on any atom is -0.508 e. The van der Waals surface area contributed by atoms with E-state index in [2.05, 4.69) is 30.5 Å². The highest BCUT2D eigenvalue weighted by atomic mass is 16.3. The van der Waals surface area contributed by atoms with Gasteiger partial charge in [-0.2, -0.15) is 5.10 Å². The molecule has 0 amide bonds. The molecule has 2 N–H and O–H groups in total. The van der Waals surface area contributed by atoms with E-state index in [9.17, 15) is 5.11 Å². The van der Waals surface area contributed by atoms with Crippen LogP contribution in [0.3, 0.4) is 0 Å². The Balaban J connectivity index is 2.02. The Morgan fingerprint density at radius 1 is 1.42 bits per heavy atom. The Morgan fingerprint density at radius 2 is 2.21 bits per heavy atom. The lowest BCUT2D eigenvalue weighted by Gasteiger charge is -2.14. The number of aryl methyl sites for hydroxylation is 2. The summed E-state index contributed by atoms with van der Waals surface area (Å²) >= 11 is 0. The first-order valence-corrected chi connectivity index (χ1v) is 6.64. The van der Waals surface area contributed by atoms with Gasteiger partial charge in [0.05, 0.1) is 5.69 Å². The molecule has 2 rings (SSSR count). The first-order valence-electron chi connectivity index (χ1n) is 6.64. The molecule has 1 heterocycles. The third kappa shape index (κ3) is 3.35. The van der Waals surface area contributed by atoms with E-state index in [-0.39, 0.29) is 6.04 Å². The summed E-state index contributed by atoms with van der Waals surface area (Å²) in [6.45, 7) is 5.00. The Kier molecular flexibility index (Phi) is 4.22. The lowest BCUT2D eigenvalue weighted by molar-refractivity contribution is 0.472. The molecule has 1 aromatic heterocycles. The van der Waals surface area contributed by atoms with Crippen LogP contribution in [0.4, 0.5) is 0 Å². The Morgan fingerprint density at radius 3 is 2.89 bits per heavy atom. The van der Waals surface area contributed by atoms with Gasteiger partial charge in [0.25, 0.3) is 0 Å². The first-order chi connectivity index (χ1) is 9.10. The summed E-state index contributed by atoms with van der Waals surface area (Å²) in [5.41, 5.74) is 3.46. The summed E-state index contributed by atoms with van der Waals surface area (Å²) in [6.07, 6.45) is 3.00. The van der Waals surface area contributed by atoms with E-state index in [1.54, 1.807) is 12.1 Å². The van der Waals surface area contributed by atoms with Crippen molar-refractivity contribution in [2.75, 3.05) is 0 Å². The maximum absolute atomic E-state index is 9.49. The molecule has 0 aliphatic heterocycles. The highest BCUT2D eigenvalue weighted by Gasteiger charge is 2.09. The van der Waals surface area contributed by atoms with E-state index in [1.165, 1.54) is 5.56 Å². The van der Waals surface area contributed by atoms with Gasteiger partial charge >= 0.3 is 0 Å². The number of aromatic hydroxyl groups is 1. The summed E-state index contributed by atoms with van der Waals surface area (Å²) in [4.78, 5) is 0. The van der Waals surface area contributed by atoms with Crippen LogP contribution in [0.15, 0.2) is 30.5 Å². The molecule has 4 nitrogen and oxygen atoms in total. The maximum atomic E-state index is 9.49. The molecule has 0 spiro atoms. The fourth-order valence-corrected chi connectivity index (χ4v) is 2.20. The third-order valence-corrected chi connectivity index (χ3v) is 3.30. The van der Waals surface area contributed by atoms with Crippen molar-refractivity contribution in [2.45, 2.75) is 32.9 Å². The number of rotatable bonds is 5. The van der Waals surface area contributed by atoms with E-state index in [4.69, 9.17) is 0 Å². The van der Waals surface area contributed by atoms with Crippen LogP contribution in [-0.4, -0.2) is 14.9 Å². The number of nitrogens with one attached hydrogen (secondary N) is 1. The van der Waals surface area contributed by atoms with Crippen molar-refractivity contribution >= 4 is 0 Å². The molecule has 0 fully saturated rings. The molecule has 0 radical (unpaired) electrons. The van der Waals surface area contributed by atoms with Crippen LogP contribution in [0.1, 0.15) is 36.7 Å². The second-order valence-corrected chi connectivity index (χ2v) is 4.83. The topological polar surface area (TPSA) is 50.1 Å². The molecular weight excluding hydrogens is 238 g/mol. The zero-order chi connectivity index (χ0) is 13.8. The quantitative estimate of drug-likeness (QED) is 0.867. The number of hydrogen-bond acceptors (Lipinski definition) is 3. The van der Waals surface area contributed by atoms with Crippen molar-refractivity contribution in [2.24, 2.45) is 7.05 Å². The van der Waals surface area contributed by atoms with E-state index < -0.39 is 0 Å². The van der Waals surface area contributed by atoms with E-state index in [1.807, 2.05) is 23.9 Å². The smallest absolute Gasteiger partial charge is 0.115 e. The second kappa shape index (κ2) is 5.89. The SMILES string of the molecule is CCc1nn(C)cc1CNC(C)c1cccc(O)c1. The van der Waals surface area contributed by atoms with Gasteiger partial charge in [0.2, 0.25) is 0 Å². The van der Waals surface area contributed by atoms with Crippen LogP contribution in [0, 0.1) is 0 Å². The van der Waals surface area contributed by atoms with Crippen LogP contribution >= 0.6 is 0 Å².